The Morgan fingerprint density at radius 2 is 1.82 bits per heavy atom. The number of ether oxygens (including phenoxy) is 1. The Morgan fingerprint density at radius 1 is 1.18 bits per heavy atom. The fraction of sp³-hybridized carbons (Fsp3) is 0.933. The molecule has 2 rings (SSSR count). The van der Waals surface area contributed by atoms with Crippen molar-refractivity contribution in [3.05, 3.63) is 0 Å². The van der Waals surface area contributed by atoms with Crippen molar-refractivity contribution in [1.82, 2.24) is 15.1 Å². The molecule has 1 unspecified atom stereocenters. The molecule has 1 N–H and O–H groups in total. The van der Waals surface area contributed by atoms with Gasteiger partial charge in [-0.15, -0.1) is 24.8 Å². The second-order valence-electron chi connectivity index (χ2n) is 6.98. The second-order valence-corrected chi connectivity index (χ2v) is 6.98. The molecule has 0 aromatic carbocycles. The molecule has 0 aliphatic carbocycles. The maximum Gasteiger partial charge on any atom is 0.410 e. The highest BCUT2D eigenvalue weighted by atomic mass is 35.5. The molecule has 2 heterocycles. The molecule has 0 saturated carbocycles. The summed E-state index contributed by atoms with van der Waals surface area (Å²) < 4.78 is 5.42. The lowest BCUT2D eigenvalue weighted by Crippen LogP contribution is -2.51. The third kappa shape index (κ3) is 7.36. The van der Waals surface area contributed by atoms with Gasteiger partial charge in [-0.1, -0.05) is 0 Å². The highest BCUT2D eigenvalue weighted by Crippen LogP contribution is 2.15. The number of halogens is 2. The molecule has 132 valence electrons. The van der Waals surface area contributed by atoms with E-state index in [0.717, 1.165) is 45.2 Å². The van der Waals surface area contributed by atoms with Crippen LogP contribution in [0.1, 0.15) is 33.6 Å². The van der Waals surface area contributed by atoms with Crippen molar-refractivity contribution in [3.8, 4) is 0 Å². The van der Waals surface area contributed by atoms with Gasteiger partial charge >= 0.3 is 6.09 Å². The number of nitrogens with zero attached hydrogens (tertiary/aromatic N) is 2. The largest absolute Gasteiger partial charge is 0.444 e. The van der Waals surface area contributed by atoms with Gasteiger partial charge < -0.3 is 15.0 Å². The maximum atomic E-state index is 12.0. The fourth-order valence-electron chi connectivity index (χ4n) is 2.88. The Bertz CT molecular complexity index is 323. The summed E-state index contributed by atoms with van der Waals surface area (Å²) in [5.41, 5.74) is -0.401. The Morgan fingerprint density at radius 3 is 2.32 bits per heavy atom. The summed E-state index contributed by atoms with van der Waals surface area (Å²) in [6.07, 6.45) is 2.46. The molecule has 1 amide bonds. The number of piperidine rings is 1. The van der Waals surface area contributed by atoms with Gasteiger partial charge in [0.15, 0.2) is 0 Å². The van der Waals surface area contributed by atoms with Gasteiger partial charge in [0, 0.05) is 32.7 Å². The molecule has 0 aromatic heterocycles. The van der Waals surface area contributed by atoms with Crippen LogP contribution < -0.4 is 5.32 Å². The number of amides is 1. The topological polar surface area (TPSA) is 44.8 Å². The Hall–Kier alpha value is -0.230. The van der Waals surface area contributed by atoms with E-state index >= 15 is 0 Å². The summed E-state index contributed by atoms with van der Waals surface area (Å²) in [7, 11) is 0. The van der Waals surface area contributed by atoms with Crippen molar-refractivity contribution in [3.63, 3.8) is 0 Å². The van der Waals surface area contributed by atoms with E-state index in [0.29, 0.717) is 0 Å². The van der Waals surface area contributed by atoms with Crippen molar-refractivity contribution < 1.29 is 9.53 Å². The molecule has 1 atom stereocenters. The van der Waals surface area contributed by atoms with Crippen LogP contribution in [-0.2, 0) is 4.74 Å². The molecular formula is C15H31Cl2N3O2. The van der Waals surface area contributed by atoms with Crippen molar-refractivity contribution in [1.29, 1.82) is 0 Å². The lowest BCUT2D eigenvalue weighted by Gasteiger charge is -2.37. The second kappa shape index (κ2) is 9.81. The van der Waals surface area contributed by atoms with Crippen LogP contribution in [0.4, 0.5) is 4.79 Å². The van der Waals surface area contributed by atoms with E-state index in [1.807, 2.05) is 25.7 Å². The van der Waals surface area contributed by atoms with Crippen LogP contribution >= 0.6 is 24.8 Å². The van der Waals surface area contributed by atoms with E-state index in [4.69, 9.17) is 4.74 Å². The Balaban J connectivity index is 0.00000220. The number of carbonyl (C=O) groups is 1. The standard InChI is InChI=1S/C15H29N3O2.2ClH/c1-15(2,3)20-14(19)18-9-7-17(8-10-18)12-13-5-4-6-16-11-13;;/h13,16H,4-12H2,1-3H3;2*1H. The first-order valence-electron chi connectivity index (χ1n) is 7.85. The first-order valence-corrected chi connectivity index (χ1v) is 7.85. The minimum atomic E-state index is -0.401. The van der Waals surface area contributed by atoms with E-state index in [9.17, 15) is 4.79 Å². The van der Waals surface area contributed by atoms with Gasteiger partial charge in [-0.05, 0) is 52.6 Å². The minimum absolute atomic E-state index is 0. The number of hydrogen-bond donors (Lipinski definition) is 1. The molecule has 7 heteroatoms. The molecule has 2 aliphatic heterocycles. The highest BCUT2D eigenvalue weighted by molar-refractivity contribution is 5.85. The summed E-state index contributed by atoms with van der Waals surface area (Å²) in [4.78, 5) is 16.3. The summed E-state index contributed by atoms with van der Waals surface area (Å²) in [6, 6.07) is 0. The van der Waals surface area contributed by atoms with Gasteiger partial charge in [0.1, 0.15) is 5.60 Å². The number of rotatable bonds is 2. The monoisotopic (exact) mass is 355 g/mol. The molecule has 2 fully saturated rings. The van der Waals surface area contributed by atoms with Crippen molar-refractivity contribution in [2.24, 2.45) is 5.92 Å². The van der Waals surface area contributed by atoms with Crippen LogP contribution in [0.2, 0.25) is 0 Å². The van der Waals surface area contributed by atoms with E-state index in [1.165, 1.54) is 19.4 Å². The molecular weight excluding hydrogens is 325 g/mol. The van der Waals surface area contributed by atoms with E-state index in [-0.39, 0.29) is 30.9 Å². The van der Waals surface area contributed by atoms with Crippen LogP contribution in [0.5, 0.6) is 0 Å². The van der Waals surface area contributed by atoms with E-state index in [1.54, 1.807) is 0 Å². The summed E-state index contributed by atoms with van der Waals surface area (Å²) in [6.45, 7) is 12.7. The van der Waals surface area contributed by atoms with Gasteiger partial charge in [-0.3, -0.25) is 4.90 Å². The summed E-state index contributed by atoms with van der Waals surface area (Å²) in [5.74, 6) is 0.775. The normalized spacial score (nSPS) is 23.2. The van der Waals surface area contributed by atoms with E-state index < -0.39 is 5.60 Å². The van der Waals surface area contributed by atoms with E-state index in [2.05, 4.69) is 10.2 Å². The molecule has 0 aromatic rings. The lowest BCUT2D eigenvalue weighted by atomic mass is 9.99. The van der Waals surface area contributed by atoms with Crippen LogP contribution in [-0.4, -0.2) is 67.3 Å². The number of piperazine rings is 1. The fourth-order valence-corrected chi connectivity index (χ4v) is 2.88. The highest BCUT2D eigenvalue weighted by Gasteiger charge is 2.27. The summed E-state index contributed by atoms with van der Waals surface area (Å²) >= 11 is 0. The first kappa shape index (κ1) is 21.8. The number of hydrogen-bond acceptors (Lipinski definition) is 4. The predicted molar refractivity (Wildman–Crippen MR) is 94.3 cm³/mol. The predicted octanol–water partition coefficient (Wildman–Crippen LogP) is 2.38. The Kier molecular flexibility index (Phi) is 9.71. The van der Waals surface area contributed by atoms with Gasteiger partial charge in [-0.2, -0.15) is 0 Å². The van der Waals surface area contributed by atoms with Crippen LogP contribution in [0, 0.1) is 5.92 Å². The smallest absolute Gasteiger partial charge is 0.410 e. The third-order valence-corrected chi connectivity index (χ3v) is 3.94. The average molecular weight is 356 g/mol. The number of nitrogens with one attached hydrogen (secondary N) is 1. The maximum absolute atomic E-state index is 12.0. The molecule has 5 nitrogen and oxygen atoms in total. The van der Waals surface area contributed by atoms with Crippen molar-refractivity contribution in [2.45, 2.75) is 39.2 Å². The first-order chi connectivity index (χ1) is 9.44. The lowest BCUT2D eigenvalue weighted by molar-refractivity contribution is 0.0130. The zero-order valence-electron chi connectivity index (χ0n) is 14.0. The van der Waals surface area contributed by atoms with Crippen molar-refractivity contribution in [2.75, 3.05) is 45.8 Å². The van der Waals surface area contributed by atoms with Gasteiger partial charge in [0.05, 0.1) is 0 Å². The van der Waals surface area contributed by atoms with Gasteiger partial charge in [0.2, 0.25) is 0 Å². The van der Waals surface area contributed by atoms with Gasteiger partial charge in [0.25, 0.3) is 0 Å². The summed E-state index contributed by atoms with van der Waals surface area (Å²) in [5, 5.41) is 3.47. The average Bonchev–Trinajstić information content (AvgIpc) is 2.39. The SMILES string of the molecule is CC(C)(C)OC(=O)N1CCN(CC2CCCNC2)CC1.Cl.Cl. The van der Waals surface area contributed by atoms with Crippen LogP contribution in [0.15, 0.2) is 0 Å². The molecule has 2 aliphatic rings. The molecule has 22 heavy (non-hydrogen) atoms. The van der Waals surface area contributed by atoms with Crippen LogP contribution in [0.3, 0.4) is 0 Å². The number of carbonyl (C=O) groups excluding carboxylic acids is 1. The quantitative estimate of drug-likeness (QED) is 0.825. The zero-order valence-corrected chi connectivity index (χ0v) is 15.6. The third-order valence-electron chi connectivity index (χ3n) is 3.94. The molecule has 0 spiro atoms. The Labute approximate surface area is 146 Å². The van der Waals surface area contributed by atoms with Crippen molar-refractivity contribution >= 4 is 30.9 Å². The minimum Gasteiger partial charge on any atom is -0.444 e. The zero-order chi connectivity index (χ0) is 14.6. The molecule has 0 bridgehead atoms. The molecule has 2 saturated heterocycles. The van der Waals surface area contributed by atoms with Gasteiger partial charge in [-0.25, -0.2) is 4.79 Å². The molecule has 0 radical (unpaired) electrons. The van der Waals surface area contributed by atoms with Crippen LogP contribution in [0.25, 0.3) is 0 Å².